The molecule has 3 aromatic heterocycles. The zero-order valence-electron chi connectivity index (χ0n) is 18.6. The Balaban J connectivity index is 1.46. The van der Waals surface area contributed by atoms with E-state index in [-0.39, 0.29) is 18.1 Å². The molecular weight excluding hydrogens is 404 g/mol. The highest BCUT2D eigenvalue weighted by molar-refractivity contribution is 6.01. The van der Waals surface area contributed by atoms with Crippen LogP contribution in [-0.4, -0.2) is 56.6 Å². The molecule has 8 nitrogen and oxygen atoms in total. The van der Waals surface area contributed by atoms with Gasteiger partial charge in [-0.3, -0.25) is 4.79 Å². The molecule has 1 N–H and O–H groups in total. The number of pyridine rings is 1. The summed E-state index contributed by atoms with van der Waals surface area (Å²) in [7, 11) is 1.74. The molecule has 2 fully saturated rings. The molecule has 0 unspecified atom stereocenters. The number of H-pyrrole nitrogens is 1. The number of ether oxygens (including phenoxy) is 1. The number of likely N-dealkylation sites (tertiary alicyclic amines) is 1. The molecule has 5 rings (SSSR count). The average Bonchev–Trinajstić information content (AvgIpc) is 3.44. The lowest BCUT2D eigenvalue weighted by Gasteiger charge is -2.32. The van der Waals surface area contributed by atoms with Gasteiger partial charge in [-0.05, 0) is 50.5 Å². The van der Waals surface area contributed by atoms with Crippen molar-refractivity contribution in [2.75, 3.05) is 20.2 Å². The summed E-state index contributed by atoms with van der Waals surface area (Å²) in [5.41, 5.74) is 2.76. The third-order valence-corrected chi connectivity index (χ3v) is 7.31. The van der Waals surface area contributed by atoms with Crippen molar-refractivity contribution in [1.82, 2.24) is 24.4 Å². The molecule has 32 heavy (non-hydrogen) atoms. The zero-order chi connectivity index (χ0) is 22.1. The van der Waals surface area contributed by atoms with Crippen molar-refractivity contribution in [2.24, 2.45) is 5.92 Å². The molecule has 0 bridgehead atoms. The normalized spacial score (nSPS) is 22.4. The number of carbonyl (C=O) groups is 1. The third-order valence-electron chi connectivity index (χ3n) is 7.31. The third kappa shape index (κ3) is 3.86. The number of nitrogens with zero attached hydrogens (tertiary/aromatic N) is 5. The molecule has 0 atom stereocenters. The largest absolute Gasteiger partial charge is 0.381 e. The molecule has 3 aromatic rings. The number of aromatic nitrogens is 4. The van der Waals surface area contributed by atoms with E-state index in [1.807, 2.05) is 23.4 Å². The summed E-state index contributed by atoms with van der Waals surface area (Å²) in [5, 5.41) is 10.1. The number of hydrogen-bond acceptors (Lipinski definition) is 5. The number of rotatable bonds is 5. The monoisotopic (exact) mass is 434 g/mol. The van der Waals surface area contributed by atoms with Crippen LogP contribution in [0.5, 0.6) is 0 Å². The minimum absolute atomic E-state index is 0.132. The Bertz CT molecular complexity index is 1140. The Labute approximate surface area is 187 Å². The molecule has 0 aromatic carbocycles. The van der Waals surface area contributed by atoms with E-state index in [9.17, 15) is 4.79 Å². The van der Waals surface area contributed by atoms with Crippen molar-refractivity contribution < 1.29 is 9.53 Å². The van der Waals surface area contributed by atoms with Crippen LogP contribution in [0.1, 0.15) is 56.8 Å². The first-order valence-corrected chi connectivity index (χ1v) is 11.7. The Morgan fingerprint density at radius 3 is 2.75 bits per heavy atom. The van der Waals surface area contributed by atoms with Crippen LogP contribution >= 0.6 is 0 Å². The summed E-state index contributed by atoms with van der Waals surface area (Å²) in [6, 6.07) is 4.66. The second-order valence-corrected chi connectivity index (χ2v) is 9.16. The molecule has 1 aliphatic heterocycles. The molecule has 1 aliphatic carbocycles. The van der Waals surface area contributed by atoms with Crippen LogP contribution in [0.4, 0.5) is 0 Å². The van der Waals surface area contributed by atoms with Crippen molar-refractivity contribution >= 4 is 28.0 Å². The number of carbonyl (C=O) groups excluding carboxylic acids is 1. The standard InChI is InChI=1S/C24H30N6O2/c1-32-18-8-12-29(13-9-18)22(31)14-21-28-20-15-27-24-19(7-11-26-24)23(20)30(21)17-4-2-16(3-5-17)6-10-25/h7,11,15-18H,2-6,8-9,12-14H2,1H3,(H,26,27)/t16-,17-. The van der Waals surface area contributed by atoms with Crippen molar-refractivity contribution in [3.8, 4) is 6.07 Å². The van der Waals surface area contributed by atoms with Crippen molar-refractivity contribution in [3.05, 3.63) is 24.3 Å². The minimum Gasteiger partial charge on any atom is -0.381 e. The second-order valence-electron chi connectivity index (χ2n) is 9.16. The lowest BCUT2D eigenvalue weighted by Crippen LogP contribution is -2.41. The van der Waals surface area contributed by atoms with E-state index in [1.54, 1.807) is 7.11 Å². The number of imidazole rings is 1. The van der Waals surface area contributed by atoms with E-state index in [4.69, 9.17) is 15.0 Å². The smallest absolute Gasteiger partial charge is 0.230 e. The van der Waals surface area contributed by atoms with Gasteiger partial charge in [-0.2, -0.15) is 5.26 Å². The van der Waals surface area contributed by atoms with Gasteiger partial charge < -0.3 is 19.2 Å². The average molecular weight is 435 g/mol. The minimum atomic E-state index is 0.132. The number of nitriles is 1. The fraction of sp³-hybridized carbons (Fsp3) is 0.583. The number of amides is 1. The molecule has 0 spiro atoms. The number of fused-ring (bicyclic) bond motifs is 3. The van der Waals surface area contributed by atoms with Crippen LogP contribution in [0.3, 0.4) is 0 Å². The van der Waals surface area contributed by atoms with Gasteiger partial charge in [0.25, 0.3) is 0 Å². The first-order chi connectivity index (χ1) is 15.7. The SMILES string of the molecule is COC1CCN(C(=O)Cc2nc3cnc4[nH]ccc4c3n2[C@H]2CC[C@H](CC#N)CC2)CC1. The summed E-state index contributed by atoms with van der Waals surface area (Å²) in [5.74, 6) is 1.44. The molecular formula is C24H30N6O2. The van der Waals surface area contributed by atoms with E-state index in [0.29, 0.717) is 18.8 Å². The fourth-order valence-electron chi connectivity index (χ4n) is 5.48. The summed E-state index contributed by atoms with van der Waals surface area (Å²) < 4.78 is 7.77. The van der Waals surface area contributed by atoms with Gasteiger partial charge >= 0.3 is 0 Å². The number of aromatic amines is 1. The quantitative estimate of drug-likeness (QED) is 0.659. The van der Waals surface area contributed by atoms with Gasteiger partial charge in [0.15, 0.2) is 0 Å². The highest BCUT2D eigenvalue weighted by Crippen LogP contribution is 2.38. The van der Waals surface area contributed by atoms with Gasteiger partial charge in [0.1, 0.15) is 17.0 Å². The van der Waals surface area contributed by atoms with Gasteiger partial charge in [0.2, 0.25) is 5.91 Å². The number of nitrogens with one attached hydrogen (secondary N) is 1. The van der Waals surface area contributed by atoms with Crippen LogP contribution in [0.2, 0.25) is 0 Å². The first kappa shape index (κ1) is 21.0. The van der Waals surface area contributed by atoms with E-state index < -0.39 is 0 Å². The van der Waals surface area contributed by atoms with E-state index >= 15 is 0 Å². The van der Waals surface area contributed by atoms with Crippen LogP contribution in [0, 0.1) is 17.2 Å². The molecule has 1 saturated carbocycles. The highest BCUT2D eigenvalue weighted by atomic mass is 16.5. The Kier molecular flexibility index (Phi) is 5.83. The highest BCUT2D eigenvalue weighted by Gasteiger charge is 2.29. The number of methoxy groups -OCH3 is 1. The number of hydrogen-bond donors (Lipinski definition) is 1. The predicted octanol–water partition coefficient (Wildman–Crippen LogP) is 3.74. The lowest BCUT2D eigenvalue weighted by molar-refractivity contribution is -0.132. The molecule has 4 heterocycles. The van der Waals surface area contributed by atoms with Gasteiger partial charge in [-0.1, -0.05) is 0 Å². The number of piperidine rings is 1. The molecule has 1 amide bonds. The summed E-state index contributed by atoms with van der Waals surface area (Å²) in [6.45, 7) is 1.47. The van der Waals surface area contributed by atoms with Crippen molar-refractivity contribution in [3.63, 3.8) is 0 Å². The topological polar surface area (TPSA) is 99.8 Å². The van der Waals surface area contributed by atoms with E-state index in [0.717, 1.165) is 79.5 Å². The molecule has 168 valence electrons. The van der Waals surface area contributed by atoms with E-state index in [1.165, 1.54) is 0 Å². The maximum Gasteiger partial charge on any atom is 0.230 e. The van der Waals surface area contributed by atoms with Crippen LogP contribution in [0.15, 0.2) is 18.5 Å². The Hall–Kier alpha value is -2.92. The van der Waals surface area contributed by atoms with Crippen LogP contribution in [0.25, 0.3) is 22.1 Å². The first-order valence-electron chi connectivity index (χ1n) is 11.7. The van der Waals surface area contributed by atoms with Gasteiger partial charge in [-0.25, -0.2) is 9.97 Å². The molecule has 1 saturated heterocycles. The fourth-order valence-corrected chi connectivity index (χ4v) is 5.48. The maximum absolute atomic E-state index is 13.2. The summed E-state index contributed by atoms with van der Waals surface area (Å²) >= 11 is 0. The lowest BCUT2D eigenvalue weighted by atomic mass is 9.84. The second kappa shape index (κ2) is 8.91. The molecule has 8 heteroatoms. The molecule has 2 aliphatic rings. The van der Waals surface area contributed by atoms with Crippen molar-refractivity contribution in [1.29, 1.82) is 5.26 Å². The summed E-state index contributed by atoms with van der Waals surface area (Å²) in [4.78, 5) is 27.8. The Morgan fingerprint density at radius 1 is 1.25 bits per heavy atom. The Morgan fingerprint density at radius 2 is 2.03 bits per heavy atom. The molecule has 0 radical (unpaired) electrons. The van der Waals surface area contributed by atoms with Gasteiger partial charge in [-0.15, -0.1) is 0 Å². The van der Waals surface area contributed by atoms with Gasteiger partial charge in [0.05, 0.1) is 30.3 Å². The maximum atomic E-state index is 13.2. The zero-order valence-corrected chi connectivity index (χ0v) is 18.6. The summed E-state index contributed by atoms with van der Waals surface area (Å²) in [6.07, 6.45) is 10.8. The van der Waals surface area contributed by atoms with E-state index in [2.05, 4.69) is 20.6 Å². The van der Waals surface area contributed by atoms with Crippen molar-refractivity contribution in [2.45, 2.75) is 63.5 Å². The predicted molar refractivity (Wildman–Crippen MR) is 121 cm³/mol. The van der Waals surface area contributed by atoms with Crippen LogP contribution < -0.4 is 0 Å². The van der Waals surface area contributed by atoms with Crippen LogP contribution in [-0.2, 0) is 16.0 Å². The van der Waals surface area contributed by atoms with Gasteiger partial charge in [0, 0.05) is 44.2 Å².